The van der Waals surface area contributed by atoms with Crippen molar-refractivity contribution in [2.75, 3.05) is 6.61 Å². The molecule has 2 N–H and O–H groups in total. The van der Waals surface area contributed by atoms with Gasteiger partial charge in [-0.1, -0.05) is 18.9 Å². The van der Waals surface area contributed by atoms with E-state index in [1.54, 1.807) is 6.07 Å². The molecule has 1 aliphatic rings. The Labute approximate surface area is 122 Å². The van der Waals surface area contributed by atoms with E-state index in [2.05, 4.69) is 5.32 Å². The summed E-state index contributed by atoms with van der Waals surface area (Å²) in [7, 11) is 0. The molecule has 6 heteroatoms. The highest BCUT2D eigenvalue weighted by Crippen LogP contribution is 2.32. The van der Waals surface area contributed by atoms with Crippen molar-refractivity contribution >= 4 is 11.9 Å². The van der Waals surface area contributed by atoms with Crippen molar-refractivity contribution in [2.24, 2.45) is 0 Å². The number of aliphatic carboxylic acids is 1. The zero-order valence-electron chi connectivity index (χ0n) is 11.6. The van der Waals surface area contributed by atoms with Crippen LogP contribution in [-0.4, -0.2) is 29.1 Å². The lowest BCUT2D eigenvalue weighted by Gasteiger charge is -2.28. The molecule has 0 saturated heterocycles. The summed E-state index contributed by atoms with van der Waals surface area (Å²) in [5, 5.41) is 11.7. The summed E-state index contributed by atoms with van der Waals surface area (Å²) >= 11 is 0. The monoisotopic (exact) mass is 295 g/mol. The zero-order valence-corrected chi connectivity index (χ0v) is 11.6. The van der Waals surface area contributed by atoms with E-state index >= 15 is 0 Å². The second-order valence-corrected chi connectivity index (χ2v) is 5.35. The Morgan fingerprint density at radius 2 is 2.05 bits per heavy atom. The van der Waals surface area contributed by atoms with Crippen molar-refractivity contribution in [1.82, 2.24) is 5.32 Å². The lowest BCUT2D eigenvalue weighted by atomic mass is 9.93. The quantitative estimate of drug-likeness (QED) is 0.843. The lowest BCUT2D eigenvalue weighted by Crippen LogP contribution is -2.49. The molecule has 0 atom stereocenters. The van der Waals surface area contributed by atoms with Gasteiger partial charge in [0.15, 0.2) is 6.61 Å². The molecule has 21 heavy (non-hydrogen) atoms. The highest BCUT2D eigenvalue weighted by Gasteiger charge is 2.37. The molecule has 2 rings (SSSR count). The second-order valence-electron chi connectivity index (χ2n) is 5.35. The maximum atomic E-state index is 13.0. The molecule has 1 aliphatic carbocycles. The molecule has 114 valence electrons. The Morgan fingerprint density at radius 3 is 2.67 bits per heavy atom. The highest BCUT2D eigenvalue weighted by molar-refractivity contribution is 5.79. The van der Waals surface area contributed by atoms with Crippen LogP contribution in [0.2, 0.25) is 0 Å². The average Bonchev–Trinajstić information content (AvgIpc) is 2.83. The van der Waals surface area contributed by atoms with Gasteiger partial charge in [-0.2, -0.15) is 0 Å². The SMILES string of the molecule is O=C(O)CC1(NC(=O)COc2cccc(F)c2)CCCC1. The van der Waals surface area contributed by atoms with Crippen molar-refractivity contribution in [2.45, 2.75) is 37.6 Å². The van der Waals surface area contributed by atoms with E-state index in [9.17, 15) is 14.0 Å². The average molecular weight is 295 g/mol. The van der Waals surface area contributed by atoms with E-state index in [1.807, 2.05) is 0 Å². The third kappa shape index (κ3) is 4.44. The molecule has 0 aliphatic heterocycles. The first kappa shape index (κ1) is 15.3. The minimum absolute atomic E-state index is 0.0846. The Balaban J connectivity index is 1.89. The van der Waals surface area contributed by atoms with Crippen LogP contribution in [0.5, 0.6) is 5.75 Å². The van der Waals surface area contributed by atoms with Crippen molar-refractivity contribution < 1.29 is 23.8 Å². The van der Waals surface area contributed by atoms with Crippen molar-refractivity contribution in [1.29, 1.82) is 0 Å². The fraction of sp³-hybridized carbons (Fsp3) is 0.467. The van der Waals surface area contributed by atoms with E-state index in [0.29, 0.717) is 12.8 Å². The standard InChI is InChI=1S/C15H18FNO4/c16-11-4-3-5-12(8-11)21-10-13(18)17-15(9-14(19)20)6-1-2-7-15/h3-5,8H,1-2,6-7,9-10H2,(H,17,18)(H,19,20). The molecule has 1 aromatic carbocycles. The number of hydrogen-bond donors (Lipinski definition) is 2. The molecule has 5 nitrogen and oxygen atoms in total. The van der Waals surface area contributed by atoms with Crippen LogP contribution in [0.4, 0.5) is 4.39 Å². The minimum Gasteiger partial charge on any atom is -0.484 e. The van der Waals surface area contributed by atoms with Gasteiger partial charge < -0.3 is 15.2 Å². The number of amides is 1. The number of benzene rings is 1. The first-order chi connectivity index (χ1) is 9.99. The summed E-state index contributed by atoms with van der Waals surface area (Å²) in [4.78, 5) is 22.9. The summed E-state index contributed by atoms with van der Waals surface area (Å²) < 4.78 is 18.2. The first-order valence-electron chi connectivity index (χ1n) is 6.90. The van der Waals surface area contributed by atoms with E-state index in [1.165, 1.54) is 18.2 Å². The van der Waals surface area contributed by atoms with Gasteiger partial charge in [0.2, 0.25) is 0 Å². The van der Waals surface area contributed by atoms with Crippen LogP contribution in [0, 0.1) is 5.82 Å². The van der Waals surface area contributed by atoms with Crippen LogP contribution in [0.3, 0.4) is 0 Å². The summed E-state index contributed by atoms with van der Waals surface area (Å²) in [6.45, 7) is -0.259. The first-order valence-corrected chi connectivity index (χ1v) is 6.90. The lowest BCUT2D eigenvalue weighted by molar-refractivity contribution is -0.139. The van der Waals surface area contributed by atoms with Crippen LogP contribution >= 0.6 is 0 Å². The van der Waals surface area contributed by atoms with E-state index < -0.39 is 17.3 Å². The van der Waals surface area contributed by atoms with Crippen LogP contribution in [0.25, 0.3) is 0 Å². The van der Waals surface area contributed by atoms with Gasteiger partial charge in [0.25, 0.3) is 5.91 Å². The molecule has 1 aromatic rings. The number of nitrogens with one attached hydrogen (secondary N) is 1. The van der Waals surface area contributed by atoms with E-state index in [4.69, 9.17) is 9.84 Å². The highest BCUT2D eigenvalue weighted by atomic mass is 19.1. The molecule has 1 saturated carbocycles. The van der Waals surface area contributed by atoms with Gasteiger partial charge >= 0.3 is 5.97 Å². The Kier molecular flexibility index (Phi) is 4.77. The largest absolute Gasteiger partial charge is 0.484 e. The maximum Gasteiger partial charge on any atom is 0.305 e. The van der Waals surface area contributed by atoms with Gasteiger partial charge in [-0.05, 0) is 25.0 Å². The number of hydrogen-bond acceptors (Lipinski definition) is 3. The molecule has 0 spiro atoms. The van der Waals surface area contributed by atoms with Gasteiger partial charge in [0, 0.05) is 6.07 Å². The molecular weight excluding hydrogens is 277 g/mol. The van der Waals surface area contributed by atoms with Gasteiger partial charge in [-0.3, -0.25) is 9.59 Å². The topological polar surface area (TPSA) is 75.6 Å². The van der Waals surface area contributed by atoms with Crippen LogP contribution < -0.4 is 10.1 Å². The molecule has 1 amide bonds. The Hall–Kier alpha value is -2.11. The van der Waals surface area contributed by atoms with E-state index in [-0.39, 0.29) is 24.7 Å². The second kappa shape index (κ2) is 6.56. The number of rotatable bonds is 6. The number of carboxylic acids is 1. The van der Waals surface area contributed by atoms with Crippen molar-refractivity contribution in [3.8, 4) is 5.75 Å². The van der Waals surface area contributed by atoms with Gasteiger partial charge in [-0.25, -0.2) is 4.39 Å². The van der Waals surface area contributed by atoms with Crippen LogP contribution in [0.1, 0.15) is 32.1 Å². The summed E-state index contributed by atoms with van der Waals surface area (Å²) in [5.74, 6) is -1.49. The molecule has 0 heterocycles. The van der Waals surface area contributed by atoms with Crippen LogP contribution in [0.15, 0.2) is 24.3 Å². The van der Waals surface area contributed by atoms with Gasteiger partial charge in [-0.15, -0.1) is 0 Å². The van der Waals surface area contributed by atoms with Gasteiger partial charge in [0.05, 0.1) is 12.0 Å². The smallest absolute Gasteiger partial charge is 0.305 e. The third-order valence-corrected chi connectivity index (χ3v) is 3.62. The van der Waals surface area contributed by atoms with Crippen LogP contribution in [-0.2, 0) is 9.59 Å². The Bertz CT molecular complexity index is 526. The zero-order chi connectivity index (χ0) is 15.3. The molecule has 0 bridgehead atoms. The molecule has 1 fully saturated rings. The predicted molar refractivity (Wildman–Crippen MR) is 73.5 cm³/mol. The van der Waals surface area contributed by atoms with Crippen molar-refractivity contribution in [3.05, 3.63) is 30.1 Å². The maximum absolute atomic E-state index is 13.0. The molecule has 0 radical (unpaired) electrons. The number of carbonyl (C=O) groups is 2. The van der Waals surface area contributed by atoms with Crippen molar-refractivity contribution in [3.63, 3.8) is 0 Å². The third-order valence-electron chi connectivity index (χ3n) is 3.62. The normalized spacial score (nSPS) is 16.4. The molecule has 0 unspecified atom stereocenters. The summed E-state index contributed by atoms with van der Waals surface area (Å²) in [5.41, 5.74) is -0.672. The molecular formula is C15H18FNO4. The Morgan fingerprint density at radius 1 is 1.33 bits per heavy atom. The predicted octanol–water partition coefficient (Wildman–Crippen LogP) is 2.11. The van der Waals surface area contributed by atoms with E-state index in [0.717, 1.165) is 12.8 Å². The number of halogens is 1. The number of carboxylic acid groups (broad SMARTS) is 1. The minimum atomic E-state index is -0.928. The number of carbonyl (C=O) groups excluding carboxylic acids is 1. The van der Waals surface area contributed by atoms with Gasteiger partial charge in [0.1, 0.15) is 11.6 Å². The summed E-state index contributed by atoms with van der Waals surface area (Å²) in [6.07, 6.45) is 3.03. The fourth-order valence-electron chi connectivity index (χ4n) is 2.72. The molecule has 0 aromatic heterocycles. The number of ether oxygens (including phenoxy) is 1. The summed E-state index contributed by atoms with van der Waals surface area (Å²) in [6, 6.07) is 5.52. The fourth-order valence-corrected chi connectivity index (χ4v) is 2.72.